The highest BCUT2D eigenvalue weighted by Crippen LogP contribution is 2.40. The lowest BCUT2D eigenvalue weighted by atomic mass is 9.73. The number of nitrogens with zero attached hydrogens (tertiary/aromatic N) is 2. The summed E-state index contributed by atoms with van der Waals surface area (Å²) in [6.07, 6.45) is -5.65. The minimum atomic E-state index is -5.08. The highest BCUT2D eigenvalue weighted by atomic mass is 19.4. The second kappa shape index (κ2) is 13.6. The predicted molar refractivity (Wildman–Crippen MR) is 124 cm³/mol. The number of hydrogen-bond acceptors (Lipinski definition) is 6. The average Bonchev–Trinajstić information content (AvgIpc) is 2.84. The van der Waals surface area contributed by atoms with Crippen molar-refractivity contribution in [2.75, 3.05) is 45.2 Å². The van der Waals surface area contributed by atoms with E-state index in [4.69, 9.17) is 30.3 Å². The summed E-state index contributed by atoms with van der Waals surface area (Å²) in [5.41, 5.74) is 7.79. The summed E-state index contributed by atoms with van der Waals surface area (Å²) in [5, 5.41) is 14.2. The third-order valence-corrected chi connectivity index (χ3v) is 6.09. The molecule has 0 saturated carbocycles. The standard InChI is InChI=1S/C19H29N3O2.2C2HF3O2/c1-21(2)16-5-3-4-15(12-16)18(23)22-10-8-19(9-11-22)7-6-17(13-20)24-14-19;2*3-2(4,5)1(6)7/h3-5,12,17H,6-11,13-14,20H2,1-2H3;2*(H,6,7). The van der Waals surface area contributed by atoms with E-state index in [-0.39, 0.29) is 17.4 Å². The van der Waals surface area contributed by atoms with Crippen LogP contribution in [0.15, 0.2) is 24.3 Å². The van der Waals surface area contributed by atoms with Gasteiger partial charge in [-0.25, -0.2) is 9.59 Å². The number of hydrogen-bond donors (Lipinski definition) is 3. The number of ether oxygens (including phenoxy) is 1. The van der Waals surface area contributed by atoms with E-state index in [1.165, 1.54) is 6.42 Å². The molecule has 3 rings (SSSR count). The second-order valence-corrected chi connectivity index (χ2v) is 9.05. The fourth-order valence-electron chi connectivity index (χ4n) is 3.78. The van der Waals surface area contributed by atoms with Crippen LogP contribution >= 0.6 is 0 Å². The second-order valence-electron chi connectivity index (χ2n) is 9.05. The lowest BCUT2D eigenvalue weighted by molar-refractivity contribution is -0.193. The Morgan fingerprint density at radius 2 is 1.53 bits per heavy atom. The molecule has 216 valence electrons. The van der Waals surface area contributed by atoms with Gasteiger partial charge in [0.05, 0.1) is 12.7 Å². The Hall–Kier alpha value is -3.07. The molecule has 1 atom stereocenters. The van der Waals surface area contributed by atoms with Gasteiger partial charge in [-0.2, -0.15) is 26.3 Å². The molecule has 0 aliphatic carbocycles. The summed E-state index contributed by atoms with van der Waals surface area (Å²) in [6, 6.07) is 7.86. The summed E-state index contributed by atoms with van der Waals surface area (Å²) >= 11 is 0. The summed E-state index contributed by atoms with van der Waals surface area (Å²) in [7, 11) is 3.98. The molecular formula is C23H31F6N3O6. The number of carbonyl (C=O) groups excluding carboxylic acids is 1. The van der Waals surface area contributed by atoms with Crippen molar-refractivity contribution < 1.29 is 55.7 Å². The van der Waals surface area contributed by atoms with Crippen LogP contribution in [-0.2, 0) is 14.3 Å². The van der Waals surface area contributed by atoms with Gasteiger partial charge in [0.25, 0.3) is 5.91 Å². The predicted octanol–water partition coefficient (Wildman–Crippen LogP) is 3.38. The van der Waals surface area contributed by atoms with E-state index in [0.717, 1.165) is 50.2 Å². The van der Waals surface area contributed by atoms with Crippen LogP contribution in [0.25, 0.3) is 0 Å². The van der Waals surface area contributed by atoms with Crippen molar-refractivity contribution in [3.05, 3.63) is 29.8 Å². The summed E-state index contributed by atoms with van der Waals surface area (Å²) in [4.78, 5) is 34.6. The molecular weight excluding hydrogens is 528 g/mol. The van der Waals surface area contributed by atoms with Crippen molar-refractivity contribution in [1.29, 1.82) is 0 Å². The lowest BCUT2D eigenvalue weighted by Gasteiger charge is -2.45. The normalized spacial score (nSPS) is 18.9. The van der Waals surface area contributed by atoms with Gasteiger partial charge in [-0.05, 0) is 49.3 Å². The minimum Gasteiger partial charge on any atom is -0.475 e. The zero-order chi connectivity index (χ0) is 29.3. The van der Waals surface area contributed by atoms with Gasteiger partial charge in [0.2, 0.25) is 0 Å². The fourth-order valence-corrected chi connectivity index (χ4v) is 3.78. The van der Waals surface area contributed by atoms with Crippen molar-refractivity contribution in [3.8, 4) is 0 Å². The zero-order valence-electron chi connectivity index (χ0n) is 20.8. The van der Waals surface area contributed by atoms with Gasteiger partial charge in [-0.3, -0.25) is 4.79 Å². The molecule has 1 amide bonds. The summed E-state index contributed by atoms with van der Waals surface area (Å²) < 4.78 is 69.4. The van der Waals surface area contributed by atoms with Crippen molar-refractivity contribution in [3.63, 3.8) is 0 Å². The van der Waals surface area contributed by atoms with E-state index in [2.05, 4.69) is 0 Å². The fraction of sp³-hybridized carbons (Fsp3) is 0.609. The molecule has 2 saturated heterocycles. The smallest absolute Gasteiger partial charge is 0.475 e. The Morgan fingerprint density at radius 3 is 1.89 bits per heavy atom. The van der Waals surface area contributed by atoms with E-state index in [1.807, 2.05) is 48.2 Å². The van der Waals surface area contributed by atoms with E-state index in [9.17, 15) is 31.1 Å². The number of nitrogens with two attached hydrogens (primary N) is 1. The first-order valence-electron chi connectivity index (χ1n) is 11.4. The molecule has 1 aromatic rings. The molecule has 2 fully saturated rings. The highest BCUT2D eigenvalue weighted by molar-refractivity contribution is 5.95. The largest absolute Gasteiger partial charge is 0.490 e. The first-order chi connectivity index (χ1) is 17.4. The van der Waals surface area contributed by atoms with Crippen molar-refractivity contribution >= 4 is 23.5 Å². The van der Waals surface area contributed by atoms with E-state index < -0.39 is 24.3 Å². The van der Waals surface area contributed by atoms with Crippen LogP contribution in [0.3, 0.4) is 0 Å². The van der Waals surface area contributed by atoms with Gasteiger partial charge in [0.15, 0.2) is 0 Å². The Morgan fingerprint density at radius 1 is 1.03 bits per heavy atom. The summed E-state index contributed by atoms with van der Waals surface area (Å²) in [6.45, 7) is 3.05. The number of halogens is 6. The number of amides is 1. The number of benzene rings is 1. The average molecular weight is 560 g/mol. The number of alkyl halides is 6. The molecule has 1 aromatic carbocycles. The van der Waals surface area contributed by atoms with Crippen molar-refractivity contribution in [1.82, 2.24) is 4.90 Å². The number of carbonyl (C=O) groups is 3. The van der Waals surface area contributed by atoms with Crippen LogP contribution < -0.4 is 10.6 Å². The molecule has 4 N–H and O–H groups in total. The maximum absolute atomic E-state index is 12.8. The van der Waals surface area contributed by atoms with Gasteiger partial charge in [0.1, 0.15) is 0 Å². The number of likely N-dealkylation sites (tertiary alicyclic amines) is 1. The van der Waals surface area contributed by atoms with Gasteiger partial charge < -0.3 is 30.5 Å². The maximum Gasteiger partial charge on any atom is 0.490 e. The molecule has 2 aliphatic rings. The van der Waals surface area contributed by atoms with Crippen LogP contribution in [0, 0.1) is 5.41 Å². The van der Waals surface area contributed by atoms with Crippen LogP contribution in [0.4, 0.5) is 32.0 Å². The van der Waals surface area contributed by atoms with E-state index in [0.29, 0.717) is 6.54 Å². The Balaban J connectivity index is 0.000000426. The van der Waals surface area contributed by atoms with Gasteiger partial charge in [-0.1, -0.05) is 6.07 Å². The lowest BCUT2D eigenvalue weighted by Crippen LogP contribution is -2.48. The maximum atomic E-state index is 12.8. The van der Waals surface area contributed by atoms with Crippen LogP contribution in [0.1, 0.15) is 36.0 Å². The molecule has 2 aliphatic heterocycles. The van der Waals surface area contributed by atoms with Gasteiger partial charge >= 0.3 is 24.3 Å². The Kier molecular flexibility index (Phi) is 11.8. The summed E-state index contributed by atoms with van der Waals surface area (Å²) in [5.74, 6) is -5.37. The molecule has 0 aromatic heterocycles. The monoisotopic (exact) mass is 559 g/mol. The number of rotatable bonds is 3. The molecule has 1 unspecified atom stereocenters. The third kappa shape index (κ3) is 10.4. The molecule has 0 radical (unpaired) electrons. The van der Waals surface area contributed by atoms with Crippen LogP contribution in [-0.4, -0.2) is 91.8 Å². The molecule has 15 heteroatoms. The number of anilines is 1. The molecule has 9 nitrogen and oxygen atoms in total. The third-order valence-electron chi connectivity index (χ3n) is 6.09. The highest BCUT2D eigenvalue weighted by Gasteiger charge is 2.40. The van der Waals surface area contributed by atoms with Crippen LogP contribution in [0.5, 0.6) is 0 Å². The number of carboxylic acids is 2. The first kappa shape index (κ1) is 33.0. The number of carboxylic acid groups (broad SMARTS) is 2. The number of aliphatic carboxylic acids is 2. The van der Waals surface area contributed by atoms with Gasteiger partial charge in [0, 0.05) is 45.0 Å². The minimum absolute atomic E-state index is 0.144. The SMILES string of the molecule is CN(C)c1cccc(C(=O)N2CCC3(CCC(CN)OC3)CC2)c1.O=C(O)C(F)(F)F.O=C(O)C(F)(F)F. The topological polar surface area (TPSA) is 133 Å². The van der Waals surface area contributed by atoms with E-state index in [1.54, 1.807) is 0 Å². The molecule has 1 spiro atoms. The van der Waals surface area contributed by atoms with Crippen molar-refractivity contribution in [2.24, 2.45) is 11.1 Å². The van der Waals surface area contributed by atoms with Gasteiger partial charge in [-0.15, -0.1) is 0 Å². The van der Waals surface area contributed by atoms with Crippen molar-refractivity contribution in [2.45, 2.75) is 44.1 Å². The molecule has 2 heterocycles. The quantitative estimate of drug-likeness (QED) is 0.480. The van der Waals surface area contributed by atoms with Crippen LogP contribution in [0.2, 0.25) is 0 Å². The number of piperidine rings is 1. The molecule has 0 bridgehead atoms. The van der Waals surface area contributed by atoms with E-state index >= 15 is 0 Å². The molecule has 38 heavy (non-hydrogen) atoms. The first-order valence-corrected chi connectivity index (χ1v) is 11.4. The zero-order valence-corrected chi connectivity index (χ0v) is 20.8. The Bertz CT molecular complexity index is 912. The Labute approximate surface area is 215 Å².